The number of unbranched alkanes of at least 4 members (excludes halogenated alkanes) is 1. The molecule has 0 bridgehead atoms. The van der Waals surface area contributed by atoms with Crippen LogP contribution >= 0.6 is 0 Å². The van der Waals surface area contributed by atoms with Gasteiger partial charge in [0.2, 0.25) is 0 Å². The zero-order chi connectivity index (χ0) is 16.1. The summed E-state index contributed by atoms with van der Waals surface area (Å²) < 4.78 is 13.6. The fourth-order valence-electron chi connectivity index (χ4n) is 3.25. The van der Waals surface area contributed by atoms with E-state index in [9.17, 15) is 4.39 Å². The molecule has 1 atom stereocenters. The molecule has 0 aliphatic carbocycles. The standard InChI is InChI=1S/C22H23F/c1-2-3-7-20(21-10-6-11-22(23)16-21)15-17-12-13-18-8-4-5-9-19(18)14-17/h4-6,8-14,16,20H,2-3,7,15H2,1H3. The average molecular weight is 306 g/mol. The molecular weight excluding hydrogens is 283 g/mol. The van der Waals surface area contributed by atoms with Crippen molar-refractivity contribution in [2.75, 3.05) is 0 Å². The quantitative estimate of drug-likeness (QED) is 0.488. The highest BCUT2D eigenvalue weighted by Crippen LogP contribution is 2.28. The molecule has 0 amide bonds. The molecule has 0 saturated carbocycles. The first-order valence-corrected chi connectivity index (χ1v) is 8.49. The van der Waals surface area contributed by atoms with Gasteiger partial charge in [-0.1, -0.05) is 74.4 Å². The summed E-state index contributed by atoms with van der Waals surface area (Å²) in [6.07, 6.45) is 4.42. The molecule has 1 unspecified atom stereocenters. The zero-order valence-corrected chi connectivity index (χ0v) is 13.6. The van der Waals surface area contributed by atoms with Crippen molar-refractivity contribution in [2.45, 2.75) is 38.5 Å². The molecule has 0 saturated heterocycles. The molecule has 1 heteroatoms. The molecular formula is C22H23F. The van der Waals surface area contributed by atoms with Gasteiger partial charge in [0.25, 0.3) is 0 Å². The highest BCUT2D eigenvalue weighted by molar-refractivity contribution is 5.83. The molecule has 3 aromatic carbocycles. The van der Waals surface area contributed by atoms with Crippen LogP contribution in [0, 0.1) is 5.82 Å². The van der Waals surface area contributed by atoms with Gasteiger partial charge in [0, 0.05) is 0 Å². The van der Waals surface area contributed by atoms with E-state index in [1.807, 2.05) is 6.07 Å². The van der Waals surface area contributed by atoms with Crippen molar-refractivity contribution in [3.05, 3.63) is 83.7 Å². The summed E-state index contributed by atoms with van der Waals surface area (Å²) in [6, 6.07) is 22.2. The normalized spacial score (nSPS) is 12.4. The highest BCUT2D eigenvalue weighted by atomic mass is 19.1. The number of rotatable bonds is 6. The summed E-state index contributed by atoms with van der Waals surface area (Å²) >= 11 is 0. The summed E-state index contributed by atoms with van der Waals surface area (Å²) in [5.74, 6) is 0.245. The van der Waals surface area contributed by atoms with Crippen LogP contribution in [0.15, 0.2) is 66.7 Å². The third kappa shape index (κ3) is 3.98. The SMILES string of the molecule is CCCCC(Cc1ccc2ccccc2c1)c1cccc(F)c1. The van der Waals surface area contributed by atoms with Crippen LogP contribution in [0.5, 0.6) is 0 Å². The van der Waals surface area contributed by atoms with Crippen LogP contribution < -0.4 is 0 Å². The molecule has 0 N–H and O–H groups in total. The highest BCUT2D eigenvalue weighted by Gasteiger charge is 2.13. The minimum absolute atomic E-state index is 0.137. The molecule has 0 radical (unpaired) electrons. The lowest BCUT2D eigenvalue weighted by atomic mass is 9.87. The fourth-order valence-corrected chi connectivity index (χ4v) is 3.25. The minimum Gasteiger partial charge on any atom is -0.207 e. The lowest BCUT2D eigenvalue weighted by Crippen LogP contribution is -2.04. The molecule has 118 valence electrons. The number of hydrogen-bond acceptors (Lipinski definition) is 0. The first kappa shape index (κ1) is 15.7. The van der Waals surface area contributed by atoms with Crippen LogP contribution in [-0.2, 0) is 6.42 Å². The van der Waals surface area contributed by atoms with Crippen LogP contribution in [0.4, 0.5) is 4.39 Å². The summed E-state index contributed by atoms with van der Waals surface area (Å²) in [7, 11) is 0. The molecule has 3 aromatic rings. The van der Waals surface area contributed by atoms with E-state index in [2.05, 4.69) is 55.5 Å². The molecule has 23 heavy (non-hydrogen) atoms. The summed E-state index contributed by atoms with van der Waals surface area (Å²) in [4.78, 5) is 0. The Labute approximate surface area is 138 Å². The van der Waals surface area contributed by atoms with E-state index in [-0.39, 0.29) is 5.82 Å². The molecule has 0 aromatic heterocycles. The smallest absolute Gasteiger partial charge is 0.123 e. The molecule has 0 aliphatic heterocycles. The van der Waals surface area contributed by atoms with E-state index in [0.717, 1.165) is 18.4 Å². The minimum atomic E-state index is -0.137. The van der Waals surface area contributed by atoms with Crippen molar-refractivity contribution in [2.24, 2.45) is 0 Å². The van der Waals surface area contributed by atoms with Crippen molar-refractivity contribution in [3.63, 3.8) is 0 Å². The molecule has 0 aliphatic rings. The van der Waals surface area contributed by atoms with Gasteiger partial charge in [0.05, 0.1) is 0 Å². The fraction of sp³-hybridized carbons (Fsp3) is 0.273. The summed E-state index contributed by atoms with van der Waals surface area (Å²) in [6.45, 7) is 2.21. The van der Waals surface area contributed by atoms with Crippen LogP contribution in [0.1, 0.15) is 43.2 Å². The van der Waals surface area contributed by atoms with Gasteiger partial charge in [0.1, 0.15) is 5.82 Å². The largest absolute Gasteiger partial charge is 0.207 e. The number of halogens is 1. The van der Waals surface area contributed by atoms with Crippen LogP contribution in [0.3, 0.4) is 0 Å². The Balaban J connectivity index is 1.87. The number of fused-ring (bicyclic) bond motifs is 1. The molecule has 0 heterocycles. The Kier molecular flexibility index (Phi) is 5.07. The van der Waals surface area contributed by atoms with E-state index in [1.165, 1.54) is 35.2 Å². The zero-order valence-electron chi connectivity index (χ0n) is 13.6. The Hall–Kier alpha value is -2.15. The lowest BCUT2D eigenvalue weighted by Gasteiger charge is -2.18. The van der Waals surface area contributed by atoms with Gasteiger partial charge < -0.3 is 0 Å². The third-order valence-electron chi connectivity index (χ3n) is 4.52. The van der Waals surface area contributed by atoms with Gasteiger partial charge >= 0.3 is 0 Å². The number of benzene rings is 3. The Morgan fingerprint density at radius 3 is 2.48 bits per heavy atom. The number of hydrogen-bond donors (Lipinski definition) is 0. The van der Waals surface area contributed by atoms with Crippen LogP contribution in [0.2, 0.25) is 0 Å². The first-order valence-electron chi connectivity index (χ1n) is 8.49. The van der Waals surface area contributed by atoms with Gasteiger partial charge in [-0.3, -0.25) is 0 Å². The molecule has 3 rings (SSSR count). The average Bonchev–Trinajstić information content (AvgIpc) is 2.58. The van der Waals surface area contributed by atoms with E-state index < -0.39 is 0 Å². The maximum atomic E-state index is 13.6. The second-order valence-electron chi connectivity index (χ2n) is 6.28. The van der Waals surface area contributed by atoms with Gasteiger partial charge in [-0.05, 0) is 52.8 Å². The van der Waals surface area contributed by atoms with Crippen molar-refractivity contribution in [1.29, 1.82) is 0 Å². The van der Waals surface area contributed by atoms with Crippen molar-refractivity contribution in [1.82, 2.24) is 0 Å². The van der Waals surface area contributed by atoms with Crippen LogP contribution in [0.25, 0.3) is 10.8 Å². The maximum absolute atomic E-state index is 13.6. The monoisotopic (exact) mass is 306 g/mol. The molecule has 0 fully saturated rings. The van der Waals surface area contributed by atoms with E-state index in [0.29, 0.717) is 5.92 Å². The van der Waals surface area contributed by atoms with E-state index in [4.69, 9.17) is 0 Å². The molecule has 0 spiro atoms. The van der Waals surface area contributed by atoms with E-state index in [1.54, 1.807) is 6.07 Å². The lowest BCUT2D eigenvalue weighted by molar-refractivity contribution is 0.571. The second kappa shape index (κ2) is 7.41. The summed E-state index contributed by atoms with van der Waals surface area (Å²) in [5, 5.41) is 2.55. The third-order valence-corrected chi connectivity index (χ3v) is 4.52. The van der Waals surface area contributed by atoms with Gasteiger partial charge in [-0.15, -0.1) is 0 Å². The Bertz CT molecular complexity index is 776. The predicted octanol–water partition coefficient (Wildman–Crippen LogP) is 6.50. The van der Waals surface area contributed by atoms with Gasteiger partial charge in [-0.2, -0.15) is 0 Å². The topological polar surface area (TPSA) is 0 Å². The maximum Gasteiger partial charge on any atom is 0.123 e. The Morgan fingerprint density at radius 2 is 1.70 bits per heavy atom. The molecule has 0 nitrogen and oxygen atoms in total. The van der Waals surface area contributed by atoms with Crippen molar-refractivity contribution >= 4 is 10.8 Å². The van der Waals surface area contributed by atoms with Crippen molar-refractivity contribution in [3.8, 4) is 0 Å². The summed E-state index contributed by atoms with van der Waals surface area (Å²) in [5.41, 5.74) is 2.45. The van der Waals surface area contributed by atoms with Crippen LogP contribution in [-0.4, -0.2) is 0 Å². The Morgan fingerprint density at radius 1 is 0.870 bits per heavy atom. The second-order valence-corrected chi connectivity index (χ2v) is 6.28. The first-order chi connectivity index (χ1) is 11.3. The predicted molar refractivity (Wildman–Crippen MR) is 96.3 cm³/mol. The van der Waals surface area contributed by atoms with Gasteiger partial charge in [-0.25, -0.2) is 4.39 Å². The van der Waals surface area contributed by atoms with E-state index >= 15 is 0 Å². The van der Waals surface area contributed by atoms with Crippen molar-refractivity contribution < 1.29 is 4.39 Å². The van der Waals surface area contributed by atoms with Gasteiger partial charge in [0.15, 0.2) is 0 Å².